The minimum Gasteiger partial charge on any atom is -0.398 e. The number of imidazole rings is 1. The molecule has 0 saturated carbocycles. The maximum atomic E-state index is 5.76. The van der Waals surface area contributed by atoms with E-state index in [2.05, 4.69) is 18.1 Å². The Morgan fingerprint density at radius 3 is 2.93 bits per heavy atom. The summed E-state index contributed by atoms with van der Waals surface area (Å²) < 4.78 is 2.01. The monoisotopic (exact) mass is 189 g/mol. The Labute approximate surface area is 83.6 Å². The maximum absolute atomic E-state index is 5.76. The van der Waals surface area contributed by atoms with E-state index in [1.165, 1.54) is 0 Å². The predicted molar refractivity (Wildman–Crippen MR) is 58.3 cm³/mol. The summed E-state index contributed by atoms with van der Waals surface area (Å²) in [5, 5.41) is 0. The number of hydrogen-bond acceptors (Lipinski definition) is 2. The van der Waals surface area contributed by atoms with Gasteiger partial charge in [0.1, 0.15) is 5.65 Å². The number of anilines is 1. The minimum atomic E-state index is 0.787. The van der Waals surface area contributed by atoms with E-state index in [-0.39, 0.29) is 0 Å². The lowest BCUT2D eigenvalue weighted by Gasteiger charge is -1.98. The highest BCUT2D eigenvalue weighted by Crippen LogP contribution is 2.14. The third kappa shape index (κ3) is 1.45. The van der Waals surface area contributed by atoms with Gasteiger partial charge in [-0.1, -0.05) is 13.3 Å². The molecule has 0 amide bonds. The average molecular weight is 189 g/mol. The molecule has 0 aliphatic heterocycles. The highest BCUT2D eigenvalue weighted by atomic mass is 15.0. The number of rotatable bonds is 2. The second-order valence-electron chi connectivity index (χ2n) is 3.67. The molecule has 0 unspecified atom stereocenters. The van der Waals surface area contributed by atoms with E-state index in [0.29, 0.717) is 0 Å². The van der Waals surface area contributed by atoms with Crippen molar-refractivity contribution in [1.82, 2.24) is 9.38 Å². The molecule has 0 spiro atoms. The SMILES string of the molecule is CCCc1cn2cc(N)cc(C)c2n1. The van der Waals surface area contributed by atoms with Crippen LogP contribution in [0.4, 0.5) is 5.69 Å². The summed E-state index contributed by atoms with van der Waals surface area (Å²) in [6.07, 6.45) is 6.12. The van der Waals surface area contributed by atoms with Crippen LogP contribution in [0.2, 0.25) is 0 Å². The van der Waals surface area contributed by atoms with Crippen molar-refractivity contribution < 1.29 is 0 Å². The van der Waals surface area contributed by atoms with Crippen molar-refractivity contribution in [2.24, 2.45) is 0 Å². The van der Waals surface area contributed by atoms with E-state index < -0.39 is 0 Å². The number of aryl methyl sites for hydroxylation is 2. The number of nitrogens with two attached hydrogens (primary N) is 1. The summed E-state index contributed by atoms with van der Waals surface area (Å²) in [5.74, 6) is 0. The van der Waals surface area contributed by atoms with Crippen LogP contribution < -0.4 is 5.73 Å². The third-order valence-electron chi connectivity index (χ3n) is 2.31. The van der Waals surface area contributed by atoms with Crippen molar-refractivity contribution >= 4 is 11.3 Å². The fraction of sp³-hybridized carbons (Fsp3) is 0.364. The van der Waals surface area contributed by atoms with Gasteiger partial charge in [0.25, 0.3) is 0 Å². The van der Waals surface area contributed by atoms with E-state index in [4.69, 9.17) is 5.73 Å². The van der Waals surface area contributed by atoms with Crippen LogP contribution in [0, 0.1) is 6.92 Å². The highest BCUT2D eigenvalue weighted by molar-refractivity contribution is 5.54. The second kappa shape index (κ2) is 3.33. The van der Waals surface area contributed by atoms with Crippen LogP contribution in [0.1, 0.15) is 24.6 Å². The van der Waals surface area contributed by atoms with Gasteiger partial charge in [-0.2, -0.15) is 0 Å². The molecule has 0 atom stereocenters. The van der Waals surface area contributed by atoms with E-state index in [9.17, 15) is 0 Å². The minimum absolute atomic E-state index is 0.787. The molecule has 2 aromatic heterocycles. The Morgan fingerprint density at radius 2 is 2.21 bits per heavy atom. The first-order valence-electron chi connectivity index (χ1n) is 4.94. The molecule has 2 rings (SSSR count). The molecule has 0 aliphatic carbocycles. The third-order valence-corrected chi connectivity index (χ3v) is 2.31. The van der Waals surface area contributed by atoms with Gasteiger partial charge >= 0.3 is 0 Å². The Bertz CT molecular complexity index is 457. The lowest BCUT2D eigenvalue weighted by molar-refractivity contribution is 0.893. The molecule has 3 nitrogen and oxygen atoms in total. The number of pyridine rings is 1. The van der Waals surface area contributed by atoms with Crippen molar-refractivity contribution in [3.05, 3.63) is 29.7 Å². The molecule has 74 valence electrons. The quantitative estimate of drug-likeness (QED) is 0.786. The van der Waals surface area contributed by atoms with Crippen LogP contribution in [-0.2, 0) is 6.42 Å². The van der Waals surface area contributed by atoms with Gasteiger partial charge in [-0.25, -0.2) is 4.98 Å². The van der Waals surface area contributed by atoms with Crippen molar-refractivity contribution in [3.63, 3.8) is 0 Å². The van der Waals surface area contributed by atoms with E-state index in [1.807, 2.05) is 23.6 Å². The van der Waals surface area contributed by atoms with Gasteiger partial charge in [-0.15, -0.1) is 0 Å². The molecule has 3 heteroatoms. The number of hydrogen-bond donors (Lipinski definition) is 1. The second-order valence-corrected chi connectivity index (χ2v) is 3.67. The average Bonchev–Trinajstić information content (AvgIpc) is 2.48. The first kappa shape index (κ1) is 9.06. The zero-order valence-corrected chi connectivity index (χ0v) is 8.62. The molecular formula is C11H15N3. The van der Waals surface area contributed by atoms with E-state index >= 15 is 0 Å². The standard InChI is InChI=1S/C11H15N3/c1-3-4-10-7-14-6-9(12)5-8(2)11(14)13-10/h5-7H,3-4,12H2,1-2H3. The van der Waals surface area contributed by atoms with Gasteiger partial charge in [0.15, 0.2) is 0 Å². The van der Waals surface area contributed by atoms with Crippen molar-refractivity contribution in [2.75, 3.05) is 5.73 Å². The van der Waals surface area contributed by atoms with Gasteiger partial charge in [0.2, 0.25) is 0 Å². The zero-order valence-electron chi connectivity index (χ0n) is 8.62. The van der Waals surface area contributed by atoms with Gasteiger partial charge in [-0.05, 0) is 25.0 Å². The Morgan fingerprint density at radius 1 is 1.43 bits per heavy atom. The fourth-order valence-electron chi connectivity index (χ4n) is 1.72. The van der Waals surface area contributed by atoms with Crippen LogP contribution >= 0.6 is 0 Å². The highest BCUT2D eigenvalue weighted by Gasteiger charge is 2.03. The molecule has 0 saturated heterocycles. The Hall–Kier alpha value is -1.51. The van der Waals surface area contributed by atoms with Crippen molar-refractivity contribution in [3.8, 4) is 0 Å². The van der Waals surface area contributed by atoms with Gasteiger partial charge in [-0.3, -0.25) is 0 Å². The molecule has 0 aromatic carbocycles. The van der Waals surface area contributed by atoms with Crippen LogP contribution in [-0.4, -0.2) is 9.38 Å². The summed E-state index contributed by atoms with van der Waals surface area (Å²) in [6, 6.07) is 1.96. The van der Waals surface area contributed by atoms with Gasteiger partial charge in [0.05, 0.1) is 5.69 Å². The summed E-state index contributed by atoms with van der Waals surface area (Å²) in [4.78, 5) is 4.55. The smallest absolute Gasteiger partial charge is 0.140 e. The Balaban J connectivity index is 2.58. The van der Waals surface area contributed by atoms with Crippen molar-refractivity contribution in [1.29, 1.82) is 0 Å². The molecule has 0 fully saturated rings. The predicted octanol–water partition coefficient (Wildman–Crippen LogP) is 2.18. The van der Waals surface area contributed by atoms with Gasteiger partial charge in [0, 0.05) is 18.1 Å². The number of aromatic nitrogens is 2. The lowest BCUT2D eigenvalue weighted by atomic mass is 10.3. The Kier molecular flexibility index (Phi) is 2.15. The number of fused-ring (bicyclic) bond motifs is 1. The number of nitrogen functional groups attached to an aromatic ring is 1. The molecule has 0 radical (unpaired) electrons. The summed E-state index contributed by atoms with van der Waals surface area (Å²) in [6.45, 7) is 4.19. The maximum Gasteiger partial charge on any atom is 0.140 e. The molecule has 2 heterocycles. The molecule has 2 N–H and O–H groups in total. The van der Waals surface area contributed by atoms with Crippen LogP contribution in [0.25, 0.3) is 5.65 Å². The van der Waals surface area contributed by atoms with Crippen LogP contribution in [0.15, 0.2) is 18.5 Å². The van der Waals surface area contributed by atoms with Gasteiger partial charge < -0.3 is 10.1 Å². The van der Waals surface area contributed by atoms with Crippen LogP contribution in [0.3, 0.4) is 0 Å². The van der Waals surface area contributed by atoms with Crippen molar-refractivity contribution in [2.45, 2.75) is 26.7 Å². The summed E-state index contributed by atoms with van der Waals surface area (Å²) in [7, 11) is 0. The van der Waals surface area contributed by atoms with E-state index in [0.717, 1.165) is 35.4 Å². The fourth-order valence-corrected chi connectivity index (χ4v) is 1.72. The summed E-state index contributed by atoms with van der Waals surface area (Å²) >= 11 is 0. The first-order valence-corrected chi connectivity index (χ1v) is 4.94. The summed E-state index contributed by atoms with van der Waals surface area (Å²) in [5.41, 5.74) is 9.83. The molecular weight excluding hydrogens is 174 g/mol. The lowest BCUT2D eigenvalue weighted by Crippen LogP contribution is -1.92. The normalized spacial score (nSPS) is 11.0. The molecule has 0 bridgehead atoms. The molecule has 0 aliphatic rings. The largest absolute Gasteiger partial charge is 0.398 e. The first-order chi connectivity index (χ1) is 6.70. The zero-order chi connectivity index (χ0) is 10.1. The number of nitrogens with zero attached hydrogens (tertiary/aromatic N) is 2. The molecule has 14 heavy (non-hydrogen) atoms. The molecule has 2 aromatic rings. The van der Waals surface area contributed by atoms with Crippen LogP contribution in [0.5, 0.6) is 0 Å². The topological polar surface area (TPSA) is 43.3 Å². The van der Waals surface area contributed by atoms with E-state index in [1.54, 1.807) is 0 Å².